The highest BCUT2D eigenvalue weighted by molar-refractivity contribution is 6.30. The molecule has 26 heavy (non-hydrogen) atoms. The molecule has 1 fully saturated rings. The van der Waals surface area contributed by atoms with E-state index in [1.165, 1.54) is 12.3 Å². The van der Waals surface area contributed by atoms with Crippen LogP contribution in [0.5, 0.6) is 0 Å². The number of pyridine rings is 1. The third-order valence-electron chi connectivity index (χ3n) is 4.79. The maximum atomic E-state index is 12.7. The lowest BCUT2D eigenvalue weighted by atomic mass is 9.98. The Morgan fingerprint density at radius 1 is 1.23 bits per heavy atom. The second-order valence-corrected chi connectivity index (χ2v) is 6.95. The molecule has 7 heteroatoms. The van der Waals surface area contributed by atoms with E-state index in [0.717, 1.165) is 11.1 Å². The smallest absolute Gasteiger partial charge is 0.280 e. The molecule has 1 amide bonds. The minimum Gasteiger partial charge on any atom is -0.337 e. The van der Waals surface area contributed by atoms with Gasteiger partial charge in [0.1, 0.15) is 5.69 Å². The third-order valence-corrected chi connectivity index (χ3v) is 5.05. The summed E-state index contributed by atoms with van der Waals surface area (Å²) in [6.45, 7) is 1.93. The number of likely N-dealkylation sites (N-methyl/N-ethyl adjacent to an activating group) is 1. The van der Waals surface area contributed by atoms with E-state index in [9.17, 15) is 13.6 Å². The summed E-state index contributed by atoms with van der Waals surface area (Å²) in [5, 5.41) is 4.09. The van der Waals surface area contributed by atoms with E-state index in [0.29, 0.717) is 11.4 Å². The molecule has 1 saturated heterocycles. The highest BCUT2D eigenvalue weighted by Gasteiger charge is 2.39. The fourth-order valence-electron chi connectivity index (χ4n) is 3.35. The Morgan fingerprint density at radius 3 is 2.50 bits per heavy atom. The Morgan fingerprint density at radius 2 is 1.92 bits per heavy atom. The molecule has 1 aromatic carbocycles. The van der Waals surface area contributed by atoms with Crippen LogP contribution in [0.2, 0.25) is 5.02 Å². The van der Waals surface area contributed by atoms with Gasteiger partial charge in [0.2, 0.25) is 5.91 Å². The van der Waals surface area contributed by atoms with Crippen molar-refractivity contribution in [1.29, 1.82) is 0 Å². The minimum absolute atomic E-state index is 0.0563. The molecule has 2 aromatic rings. The zero-order chi connectivity index (χ0) is 18.8. The summed E-state index contributed by atoms with van der Waals surface area (Å²) < 4.78 is 25.3. The summed E-state index contributed by atoms with van der Waals surface area (Å²) in [6, 6.07) is 10.1. The zero-order valence-corrected chi connectivity index (χ0v) is 15.3. The van der Waals surface area contributed by atoms with Crippen molar-refractivity contribution in [2.75, 3.05) is 7.05 Å². The maximum absolute atomic E-state index is 12.7. The molecule has 3 rings (SSSR count). The number of rotatable bonds is 5. The van der Waals surface area contributed by atoms with Gasteiger partial charge in [0, 0.05) is 36.8 Å². The molecule has 0 bridgehead atoms. The lowest BCUT2D eigenvalue weighted by molar-refractivity contribution is -0.127. The van der Waals surface area contributed by atoms with Crippen LogP contribution in [0.15, 0.2) is 42.6 Å². The summed E-state index contributed by atoms with van der Waals surface area (Å²) in [6.07, 6.45) is -0.754. The predicted octanol–water partition coefficient (Wildman–Crippen LogP) is 4.30. The molecule has 0 spiro atoms. The second-order valence-electron chi connectivity index (χ2n) is 6.52. The molecule has 1 aliphatic heterocycles. The van der Waals surface area contributed by atoms with Crippen LogP contribution in [0, 0.1) is 0 Å². The zero-order valence-electron chi connectivity index (χ0n) is 14.5. The number of carbonyl (C=O) groups excluding carboxylic acids is 1. The molecule has 138 valence electrons. The van der Waals surface area contributed by atoms with Crippen LogP contribution in [0.3, 0.4) is 0 Å². The molecule has 4 nitrogen and oxygen atoms in total. The van der Waals surface area contributed by atoms with E-state index < -0.39 is 6.43 Å². The molecule has 3 atom stereocenters. The Balaban J connectivity index is 1.78. The first kappa shape index (κ1) is 18.7. The summed E-state index contributed by atoms with van der Waals surface area (Å²) in [7, 11) is 1.78. The lowest BCUT2D eigenvalue weighted by Gasteiger charge is -2.28. The number of nitrogens with one attached hydrogen (secondary N) is 1. The van der Waals surface area contributed by atoms with Gasteiger partial charge in [-0.25, -0.2) is 8.78 Å². The quantitative estimate of drug-likeness (QED) is 0.842. The number of benzene rings is 1. The van der Waals surface area contributed by atoms with E-state index in [1.54, 1.807) is 30.1 Å². The van der Waals surface area contributed by atoms with Gasteiger partial charge in [0.05, 0.1) is 6.04 Å². The first-order valence-electron chi connectivity index (χ1n) is 8.38. The van der Waals surface area contributed by atoms with E-state index in [2.05, 4.69) is 10.3 Å². The van der Waals surface area contributed by atoms with Crippen molar-refractivity contribution in [3.63, 3.8) is 0 Å². The Hall–Kier alpha value is -2.05. The van der Waals surface area contributed by atoms with Crippen LogP contribution in [0.4, 0.5) is 8.78 Å². The molecule has 1 aliphatic rings. The summed E-state index contributed by atoms with van der Waals surface area (Å²) in [4.78, 5) is 17.8. The summed E-state index contributed by atoms with van der Waals surface area (Å²) in [5.74, 6) is 0.0563. The molecule has 0 radical (unpaired) electrons. The lowest BCUT2D eigenvalue weighted by Crippen LogP contribution is -2.36. The minimum atomic E-state index is -2.58. The van der Waals surface area contributed by atoms with Crippen molar-refractivity contribution in [3.8, 4) is 0 Å². The normalized spacial score (nSPS) is 21.5. The van der Waals surface area contributed by atoms with Crippen LogP contribution < -0.4 is 5.32 Å². The highest BCUT2D eigenvalue weighted by Crippen LogP contribution is 2.34. The monoisotopic (exact) mass is 379 g/mol. The summed E-state index contributed by atoms with van der Waals surface area (Å²) in [5.41, 5.74) is 1.56. The standard InChI is InChI=1S/C19H20ClF2N3O/c1-11(13-5-8-15(19(21)22)23-10-13)24-16-9-17(26)25(2)18(16)12-3-6-14(20)7-4-12/h3-8,10-11,16,18-19,24H,9H2,1-2H3. The molecule has 2 heterocycles. The van der Waals surface area contributed by atoms with Gasteiger partial charge in [-0.3, -0.25) is 9.78 Å². The molecule has 3 unspecified atom stereocenters. The molecular weight excluding hydrogens is 360 g/mol. The number of amides is 1. The van der Waals surface area contributed by atoms with Crippen LogP contribution in [-0.4, -0.2) is 28.9 Å². The van der Waals surface area contributed by atoms with E-state index in [4.69, 9.17) is 11.6 Å². The van der Waals surface area contributed by atoms with Gasteiger partial charge < -0.3 is 10.2 Å². The maximum Gasteiger partial charge on any atom is 0.280 e. The van der Waals surface area contributed by atoms with Crippen molar-refractivity contribution in [2.24, 2.45) is 0 Å². The average Bonchev–Trinajstić information content (AvgIpc) is 2.89. The van der Waals surface area contributed by atoms with Crippen molar-refractivity contribution < 1.29 is 13.6 Å². The molecule has 1 aromatic heterocycles. The molecule has 1 N–H and O–H groups in total. The SMILES string of the molecule is CC(NC1CC(=O)N(C)C1c1ccc(Cl)cc1)c1ccc(C(F)F)nc1. The Bertz CT molecular complexity index is 767. The first-order valence-corrected chi connectivity index (χ1v) is 8.75. The van der Waals surface area contributed by atoms with Crippen LogP contribution in [0.25, 0.3) is 0 Å². The number of likely N-dealkylation sites (tertiary alicyclic amines) is 1. The van der Waals surface area contributed by atoms with Gasteiger partial charge >= 0.3 is 0 Å². The van der Waals surface area contributed by atoms with Crippen molar-refractivity contribution in [2.45, 2.75) is 37.9 Å². The Kier molecular flexibility index (Phi) is 5.53. The average molecular weight is 380 g/mol. The number of aromatic nitrogens is 1. The van der Waals surface area contributed by atoms with Gasteiger partial charge in [0.15, 0.2) is 0 Å². The highest BCUT2D eigenvalue weighted by atomic mass is 35.5. The summed E-state index contributed by atoms with van der Waals surface area (Å²) >= 11 is 5.96. The fraction of sp³-hybridized carbons (Fsp3) is 0.368. The van der Waals surface area contributed by atoms with Crippen LogP contribution >= 0.6 is 11.6 Å². The molecular formula is C19H20ClF2N3O. The van der Waals surface area contributed by atoms with Crippen molar-refractivity contribution in [3.05, 3.63) is 64.4 Å². The first-order chi connectivity index (χ1) is 12.4. The number of carbonyl (C=O) groups is 1. The van der Waals surface area contributed by atoms with Gasteiger partial charge in [-0.05, 0) is 36.2 Å². The predicted molar refractivity (Wildman–Crippen MR) is 96.1 cm³/mol. The van der Waals surface area contributed by atoms with Gasteiger partial charge in [0.25, 0.3) is 6.43 Å². The van der Waals surface area contributed by atoms with Crippen LogP contribution in [-0.2, 0) is 4.79 Å². The number of alkyl halides is 2. The number of halogens is 3. The fourth-order valence-corrected chi connectivity index (χ4v) is 3.48. The van der Waals surface area contributed by atoms with Gasteiger partial charge in [-0.2, -0.15) is 0 Å². The van der Waals surface area contributed by atoms with E-state index in [-0.39, 0.29) is 29.7 Å². The van der Waals surface area contributed by atoms with Gasteiger partial charge in [-0.15, -0.1) is 0 Å². The van der Waals surface area contributed by atoms with Crippen molar-refractivity contribution in [1.82, 2.24) is 15.2 Å². The number of hydrogen-bond acceptors (Lipinski definition) is 3. The number of hydrogen-bond donors (Lipinski definition) is 1. The molecule has 0 aliphatic carbocycles. The van der Waals surface area contributed by atoms with E-state index >= 15 is 0 Å². The van der Waals surface area contributed by atoms with Crippen molar-refractivity contribution >= 4 is 17.5 Å². The largest absolute Gasteiger partial charge is 0.337 e. The van der Waals surface area contributed by atoms with Gasteiger partial charge in [-0.1, -0.05) is 29.8 Å². The second kappa shape index (κ2) is 7.68. The van der Waals surface area contributed by atoms with Crippen LogP contribution in [0.1, 0.15) is 48.7 Å². The topological polar surface area (TPSA) is 45.2 Å². The Labute approximate surface area is 156 Å². The third kappa shape index (κ3) is 3.86. The molecule has 0 saturated carbocycles. The van der Waals surface area contributed by atoms with E-state index in [1.807, 2.05) is 19.1 Å². The number of nitrogens with zero attached hydrogens (tertiary/aromatic N) is 2.